The molecule has 0 fully saturated rings. The average molecular weight is 191 g/mol. The van der Waals surface area contributed by atoms with Crippen LogP contribution in [0.25, 0.3) is 0 Å². The van der Waals surface area contributed by atoms with Gasteiger partial charge in [0.1, 0.15) is 0 Å². The molecule has 0 rings (SSSR count). The van der Waals surface area contributed by atoms with Crippen LogP contribution in [-0.2, 0) is 24.0 Å². The van der Waals surface area contributed by atoms with Gasteiger partial charge in [-0.25, -0.2) is 0 Å². The van der Waals surface area contributed by atoms with Gasteiger partial charge in [0.05, 0.1) is 0 Å². The van der Waals surface area contributed by atoms with E-state index in [1.54, 1.807) is 14.0 Å². The molecule has 0 bridgehead atoms. The zero-order valence-electron chi connectivity index (χ0n) is 5.77. The maximum atomic E-state index is 7.94. The van der Waals surface area contributed by atoms with Crippen molar-refractivity contribution in [3.05, 3.63) is 19.2 Å². The van der Waals surface area contributed by atoms with Gasteiger partial charge in [-0.2, -0.15) is 6.92 Å². The second-order valence-electron chi connectivity index (χ2n) is 0.846. The normalized spacial score (nSPS) is 6.67. The van der Waals surface area contributed by atoms with Gasteiger partial charge in [0, 0.05) is 16.9 Å². The Morgan fingerprint density at radius 3 is 1.89 bits per heavy atom. The van der Waals surface area contributed by atoms with Crippen LogP contribution in [0.15, 0.2) is 6.58 Å². The van der Waals surface area contributed by atoms with Gasteiger partial charge >= 0.3 is 19.5 Å². The number of hydrogen-bond acceptors (Lipinski definition) is 2. The molecule has 0 heterocycles. The van der Waals surface area contributed by atoms with Crippen LogP contribution in [-0.4, -0.2) is 16.9 Å². The summed E-state index contributed by atoms with van der Waals surface area (Å²) in [5.74, 6) is 0. The van der Waals surface area contributed by atoms with Crippen LogP contribution >= 0.6 is 0 Å². The summed E-state index contributed by atoms with van der Waals surface area (Å²) in [4.78, 5) is 0. The molecule has 59 valence electrons. The first-order chi connectivity index (χ1) is 4.33. The van der Waals surface area contributed by atoms with E-state index >= 15 is 0 Å². The fourth-order valence-electron chi connectivity index (χ4n) is 0. The SMILES string of the molecule is C=[C-]C.[CH2-][SiH2]OC.[O]=[Co]. The van der Waals surface area contributed by atoms with E-state index in [2.05, 4.69) is 39.3 Å². The van der Waals surface area contributed by atoms with E-state index in [-0.39, 0.29) is 9.76 Å². The first-order valence-corrected chi connectivity index (χ1v) is 4.19. The summed E-state index contributed by atoms with van der Waals surface area (Å²) in [6.45, 7) is 8.52. The molecule has 4 heteroatoms. The van der Waals surface area contributed by atoms with Gasteiger partial charge in [0.15, 0.2) is 0 Å². The fourth-order valence-corrected chi connectivity index (χ4v) is 0. The van der Waals surface area contributed by atoms with E-state index in [0.29, 0.717) is 0 Å². The van der Waals surface area contributed by atoms with Gasteiger partial charge in [-0.15, -0.1) is 0 Å². The fraction of sp³-hybridized carbons (Fsp3) is 0.400. The minimum absolute atomic E-state index is 0.326. The third kappa shape index (κ3) is 213. The van der Waals surface area contributed by atoms with E-state index in [1.165, 1.54) is 0 Å². The molecule has 0 aliphatic rings. The summed E-state index contributed by atoms with van der Waals surface area (Å²) >= 11 is 2.31. The van der Waals surface area contributed by atoms with Gasteiger partial charge < -0.3 is 17.0 Å². The van der Waals surface area contributed by atoms with Crippen molar-refractivity contribution in [2.24, 2.45) is 0 Å². The molecule has 0 aliphatic carbocycles. The molecule has 0 saturated heterocycles. The molecule has 0 radical (unpaired) electrons. The Morgan fingerprint density at radius 2 is 1.89 bits per heavy atom. The molecule has 0 unspecified atom stereocenters. The second kappa shape index (κ2) is 41.3. The molecular formula is C5H12CoO2Si-2. The Hall–Kier alpha value is 0.223. The topological polar surface area (TPSA) is 26.3 Å². The van der Waals surface area contributed by atoms with Crippen molar-refractivity contribution < 1.29 is 24.0 Å². The van der Waals surface area contributed by atoms with Gasteiger partial charge in [-0.1, -0.05) is 0 Å². The quantitative estimate of drug-likeness (QED) is 0.442. The van der Waals surface area contributed by atoms with Gasteiger partial charge in [0.25, 0.3) is 0 Å². The minimum atomic E-state index is -0.326. The Balaban J connectivity index is -0.0000000646. The standard InChI is InChI=1S/C3H5.C2H7OSi.Co.O/c1-3-2;1-3-4-2;;/h1H2,2H3;2,4H2,1H3;;/q2*-1;;. The molecule has 0 aromatic heterocycles. The Morgan fingerprint density at radius 1 is 1.78 bits per heavy atom. The van der Waals surface area contributed by atoms with Crippen molar-refractivity contribution in [1.82, 2.24) is 0 Å². The number of rotatable bonds is 1. The summed E-state index contributed by atoms with van der Waals surface area (Å²) in [6.07, 6.45) is 2.50. The molecule has 0 aromatic carbocycles. The molecule has 0 amide bonds. The van der Waals surface area contributed by atoms with E-state index in [0.717, 1.165) is 0 Å². The van der Waals surface area contributed by atoms with Crippen LogP contribution in [0, 0.1) is 12.6 Å². The molecular weight excluding hydrogens is 179 g/mol. The first-order valence-electron chi connectivity index (χ1n) is 2.19. The monoisotopic (exact) mass is 191 g/mol. The van der Waals surface area contributed by atoms with E-state index in [4.69, 9.17) is 3.87 Å². The summed E-state index contributed by atoms with van der Waals surface area (Å²) < 4.78 is 12.5. The summed E-state index contributed by atoms with van der Waals surface area (Å²) in [7, 11) is 1.35. The Labute approximate surface area is 67.4 Å². The van der Waals surface area contributed by atoms with Gasteiger partial charge in [-0.05, 0) is 0 Å². The Bertz CT molecular complexity index is 41.9. The number of allylic oxidation sites excluding steroid dienone is 1. The van der Waals surface area contributed by atoms with Crippen molar-refractivity contribution in [3.8, 4) is 0 Å². The molecule has 0 N–H and O–H groups in total. The third-order valence-corrected chi connectivity index (χ3v) is 0.612. The number of hydrogen-bond donors (Lipinski definition) is 0. The van der Waals surface area contributed by atoms with Crippen molar-refractivity contribution in [2.75, 3.05) is 7.11 Å². The van der Waals surface area contributed by atoms with Crippen molar-refractivity contribution in [1.29, 1.82) is 0 Å². The van der Waals surface area contributed by atoms with Crippen LogP contribution < -0.4 is 0 Å². The van der Waals surface area contributed by atoms with Crippen LogP contribution in [0.3, 0.4) is 0 Å². The van der Waals surface area contributed by atoms with Gasteiger partial charge in [-0.3, -0.25) is 6.58 Å². The predicted molar refractivity (Wildman–Crippen MR) is 36.1 cm³/mol. The van der Waals surface area contributed by atoms with Crippen molar-refractivity contribution in [3.63, 3.8) is 0 Å². The molecule has 0 saturated carbocycles. The summed E-state index contributed by atoms with van der Waals surface area (Å²) in [6, 6.07) is 0. The van der Waals surface area contributed by atoms with Crippen LogP contribution in [0.4, 0.5) is 0 Å². The molecule has 2 nitrogen and oxygen atoms in total. The Kier molecular flexibility index (Phi) is 73.9. The van der Waals surface area contributed by atoms with Crippen LogP contribution in [0.1, 0.15) is 6.92 Å². The van der Waals surface area contributed by atoms with Crippen molar-refractivity contribution in [2.45, 2.75) is 6.92 Å². The molecule has 0 aromatic rings. The molecule has 0 aliphatic heterocycles. The predicted octanol–water partition coefficient (Wildman–Crippen LogP) is 0.382. The average Bonchev–Trinajstić information content (AvgIpc) is 1.94. The van der Waals surface area contributed by atoms with Gasteiger partial charge in [0.2, 0.25) is 0 Å². The molecule has 9 heavy (non-hydrogen) atoms. The first kappa shape index (κ1) is 16.1. The van der Waals surface area contributed by atoms with E-state index in [1.807, 2.05) is 0 Å². The zero-order chi connectivity index (χ0) is 8.12. The van der Waals surface area contributed by atoms with E-state index in [9.17, 15) is 0 Å². The second-order valence-corrected chi connectivity index (χ2v) is 1.83. The summed E-state index contributed by atoms with van der Waals surface area (Å²) in [5, 5.41) is 0. The van der Waals surface area contributed by atoms with Crippen molar-refractivity contribution >= 4 is 9.76 Å². The third-order valence-electron chi connectivity index (χ3n) is 0.204. The summed E-state index contributed by atoms with van der Waals surface area (Å²) in [5.41, 5.74) is 0. The van der Waals surface area contributed by atoms with Crippen LogP contribution in [0.5, 0.6) is 0 Å². The zero-order valence-corrected chi connectivity index (χ0v) is 8.23. The van der Waals surface area contributed by atoms with E-state index < -0.39 is 0 Å². The maximum absolute atomic E-state index is 7.94. The molecule has 0 spiro atoms. The van der Waals surface area contributed by atoms with Crippen LogP contribution in [0.2, 0.25) is 0 Å². The molecule has 0 atom stereocenters.